The fourth-order valence-corrected chi connectivity index (χ4v) is 2.26. The van der Waals surface area contributed by atoms with Gasteiger partial charge < -0.3 is 9.88 Å². The van der Waals surface area contributed by atoms with Crippen molar-refractivity contribution in [2.75, 3.05) is 0 Å². The highest BCUT2D eigenvalue weighted by atomic mass is 35.5. The van der Waals surface area contributed by atoms with Gasteiger partial charge in [0, 0.05) is 17.6 Å². The Bertz CT molecular complexity index is 589. The van der Waals surface area contributed by atoms with Gasteiger partial charge in [-0.25, -0.2) is 0 Å². The molecule has 19 heavy (non-hydrogen) atoms. The summed E-state index contributed by atoms with van der Waals surface area (Å²) in [5.74, 6) is 0.438. The van der Waals surface area contributed by atoms with E-state index < -0.39 is 0 Å². The summed E-state index contributed by atoms with van der Waals surface area (Å²) in [5.41, 5.74) is 0.913. The molecule has 1 amide bonds. The van der Waals surface area contributed by atoms with Crippen molar-refractivity contribution in [1.29, 1.82) is 0 Å². The Balaban J connectivity index is 2.16. The van der Waals surface area contributed by atoms with E-state index in [0.29, 0.717) is 17.5 Å². The highest BCUT2D eigenvalue weighted by molar-refractivity contribution is 6.35. The minimum Gasteiger partial charge on any atom is -0.352 e. The molecule has 1 N–H and O–H groups in total. The maximum absolute atomic E-state index is 12.0. The van der Waals surface area contributed by atoms with Gasteiger partial charge in [0.05, 0.1) is 10.5 Å². The van der Waals surface area contributed by atoms with Gasteiger partial charge in [0.15, 0.2) is 0 Å². The molecular formula is C15H19ClN2O. The van der Waals surface area contributed by atoms with Crippen LogP contribution in [0.3, 0.4) is 0 Å². The van der Waals surface area contributed by atoms with Gasteiger partial charge in [-0.05, 0) is 25.0 Å². The van der Waals surface area contributed by atoms with Gasteiger partial charge in [0.1, 0.15) is 6.54 Å². The maximum Gasteiger partial charge on any atom is 0.240 e. The fraction of sp³-hybridized carbons (Fsp3) is 0.400. The van der Waals surface area contributed by atoms with E-state index in [1.165, 1.54) is 0 Å². The molecule has 3 nitrogen and oxygen atoms in total. The molecular weight excluding hydrogens is 260 g/mol. The molecule has 1 unspecified atom stereocenters. The van der Waals surface area contributed by atoms with Gasteiger partial charge in [-0.3, -0.25) is 4.79 Å². The first-order valence-electron chi connectivity index (χ1n) is 6.51. The predicted octanol–water partition coefficient (Wildman–Crippen LogP) is 3.46. The zero-order valence-electron chi connectivity index (χ0n) is 11.5. The lowest BCUT2D eigenvalue weighted by molar-refractivity contribution is -0.122. The highest BCUT2D eigenvalue weighted by Crippen LogP contribution is 2.24. The number of carbonyl (C=O) groups is 1. The molecule has 0 saturated heterocycles. The Morgan fingerprint density at radius 3 is 2.74 bits per heavy atom. The number of nitrogens with one attached hydrogen (secondary N) is 1. The molecule has 0 spiro atoms. The second-order valence-electron chi connectivity index (χ2n) is 5.22. The topological polar surface area (TPSA) is 34.0 Å². The predicted molar refractivity (Wildman–Crippen MR) is 79.4 cm³/mol. The summed E-state index contributed by atoms with van der Waals surface area (Å²) in [6.07, 6.45) is 1.90. The maximum atomic E-state index is 12.0. The third-order valence-electron chi connectivity index (χ3n) is 3.44. The van der Waals surface area contributed by atoms with Crippen molar-refractivity contribution in [2.24, 2.45) is 5.92 Å². The molecule has 0 aliphatic rings. The van der Waals surface area contributed by atoms with Gasteiger partial charge in [-0.1, -0.05) is 37.6 Å². The molecule has 0 aliphatic carbocycles. The monoisotopic (exact) mass is 278 g/mol. The number of halogens is 1. The van der Waals surface area contributed by atoms with Crippen LogP contribution in [0.4, 0.5) is 0 Å². The van der Waals surface area contributed by atoms with Crippen molar-refractivity contribution >= 4 is 28.4 Å². The van der Waals surface area contributed by atoms with E-state index >= 15 is 0 Å². The summed E-state index contributed by atoms with van der Waals surface area (Å²) >= 11 is 6.19. The summed E-state index contributed by atoms with van der Waals surface area (Å²) < 4.78 is 1.89. The highest BCUT2D eigenvalue weighted by Gasteiger charge is 2.12. The van der Waals surface area contributed by atoms with Crippen LogP contribution in [0, 0.1) is 5.92 Å². The van der Waals surface area contributed by atoms with Crippen LogP contribution < -0.4 is 5.32 Å². The summed E-state index contributed by atoms with van der Waals surface area (Å²) in [4.78, 5) is 12.0. The minimum atomic E-state index is 0.0126. The molecule has 4 heteroatoms. The fourth-order valence-electron chi connectivity index (χ4n) is 1.97. The Labute approximate surface area is 118 Å². The van der Waals surface area contributed by atoms with E-state index in [4.69, 9.17) is 11.6 Å². The Morgan fingerprint density at radius 1 is 1.32 bits per heavy atom. The van der Waals surface area contributed by atoms with E-state index in [-0.39, 0.29) is 11.9 Å². The summed E-state index contributed by atoms with van der Waals surface area (Å²) in [6, 6.07) is 7.89. The first-order valence-corrected chi connectivity index (χ1v) is 6.89. The average Bonchev–Trinajstić information content (AvgIpc) is 2.73. The third kappa shape index (κ3) is 3.10. The molecule has 2 rings (SSSR count). The van der Waals surface area contributed by atoms with Gasteiger partial charge in [0.2, 0.25) is 5.91 Å². The van der Waals surface area contributed by atoms with Crippen molar-refractivity contribution in [1.82, 2.24) is 9.88 Å². The van der Waals surface area contributed by atoms with Gasteiger partial charge in [0.25, 0.3) is 0 Å². The molecule has 1 aromatic heterocycles. The normalized spacial score (nSPS) is 12.9. The number of nitrogens with zero attached hydrogens (tertiary/aromatic N) is 1. The molecule has 0 aliphatic heterocycles. The van der Waals surface area contributed by atoms with Crippen LogP contribution in [0.1, 0.15) is 20.8 Å². The number of amides is 1. The van der Waals surface area contributed by atoms with Crippen molar-refractivity contribution in [3.63, 3.8) is 0 Å². The number of benzene rings is 1. The van der Waals surface area contributed by atoms with Crippen molar-refractivity contribution in [2.45, 2.75) is 33.4 Å². The van der Waals surface area contributed by atoms with Crippen LogP contribution in [0.2, 0.25) is 5.02 Å². The lowest BCUT2D eigenvalue weighted by atomic mass is 10.1. The number of fused-ring (bicyclic) bond motifs is 1. The molecule has 2 aromatic rings. The van der Waals surface area contributed by atoms with Crippen molar-refractivity contribution < 1.29 is 4.79 Å². The van der Waals surface area contributed by atoms with Crippen molar-refractivity contribution in [3.05, 3.63) is 35.5 Å². The summed E-state index contributed by atoms with van der Waals surface area (Å²) in [7, 11) is 0. The lowest BCUT2D eigenvalue weighted by Crippen LogP contribution is -2.38. The molecule has 1 atom stereocenters. The number of hydrogen-bond donors (Lipinski definition) is 1. The Hall–Kier alpha value is -1.48. The van der Waals surface area contributed by atoms with Crippen LogP contribution in [-0.4, -0.2) is 16.5 Å². The van der Waals surface area contributed by atoms with Gasteiger partial charge in [-0.2, -0.15) is 0 Å². The van der Waals surface area contributed by atoms with Gasteiger partial charge in [-0.15, -0.1) is 0 Å². The molecule has 1 aromatic carbocycles. The SMILES string of the molecule is CC(C)C(C)NC(=O)Cn1ccc2cccc(Cl)c21. The van der Waals surface area contributed by atoms with Crippen LogP contribution in [0.25, 0.3) is 10.9 Å². The van der Waals surface area contributed by atoms with Crippen LogP contribution in [0.5, 0.6) is 0 Å². The number of para-hydroxylation sites is 1. The van der Waals surface area contributed by atoms with Gasteiger partial charge >= 0.3 is 0 Å². The molecule has 102 valence electrons. The molecule has 0 saturated carbocycles. The number of aromatic nitrogens is 1. The quantitative estimate of drug-likeness (QED) is 0.913. The van der Waals surface area contributed by atoms with E-state index in [9.17, 15) is 4.79 Å². The largest absolute Gasteiger partial charge is 0.352 e. The van der Waals surface area contributed by atoms with E-state index in [2.05, 4.69) is 19.2 Å². The zero-order chi connectivity index (χ0) is 14.0. The molecule has 1 heterocycles. The second-order valence-corrected chi connectivity index (χ2v) is 5.63. The second kappa shape index (κ2) is 5.66. The lowest BCUT2D eigenvalue weighted by Gasteiger charge is -2.17. The Morgan fingerprint density at radius 2 is 2.05 bits per heavy atom. The average molecular weight is 279 g/mol. The standard InChI is InChI=1S/C15H19ClN2O/c1-10(2)11(3)17-14(19)9-18-8-7-12-5-4-6-13(16)15(12)18/h4-8,10-11H,9H2,1-3H3,(H,17,19). The first-order chi connectivity index (χ1) is 8.99. The molecule has 0 radical (unpaired) electrons. The van der Waals surface area contributed by atoms with Crippen LogP contribution in [-0.2, 0) is 11.3 Å². The third-order valence-corrected chi connectivity index (χ3v) is 3.75. The van der Waals surface area contributed by atoms with E-state index in [1.807, 2.05) is 42.0 Å². The summed E-state index contributed by atoms with van der Waals surface area (Å²) in [5, 5.41) is 4.73. The van der Waals surface area contributed by atoms with E-state index in [0.717, 1.165) is 10.9 Å². The summed E-state index contributed by atoms with van der Waals surface area (Å²) in [6.45, 7) is 6.49. The number of rotatable bonds is 4. The van der Waals surface area contributed by atoms with Crippen LogP contribution >= 0.6 is 11.6 Å². The minimum absolute atomic E-state index is 0.0126. The smallest absolute Gasteiger partial charge is 0.240 e. The van der Waals surface area contributed by atoms with E-state index in [1.54, 1.807) is 0 Å². The number of hydrogen-bond acceptors (Lipinski definition) is 1. The molecule has 0 fully saturated rings. The van der Waals surface area contributed by atoms with Crippen LogP contribution in [0.15, 0.2) is 30.5 Å². The molecule has 0 bridgehead atoms. The Kier molecular flexibility index (Phi) is 4.15. The number of carbonyl (C=O) groups excluding carboxylic acids is 1. The van der Waals surface area contributed by atoms with Crippen molar-refractivity contribution in [3.8, 4) is 0 Å². The first kappa shape index (κ1) is 13.9. The zero-order valence-corrected chi connectivity index (χ0v) is 12.2.